The first-order valence-corrected chi connectivity index (χ1v) is 6.02. The number of benzene rings is 1. The third-order valence-corrected chi connectivity index (χ3v) is 3.98. The maximum absolute atomic E-state index is 11.6. The number of rotatable bonds is 3. The number of nitrogens with one attached hydrogen (secondary N) is 1. The average Bonchev–Trinajstić information content (AvgIpc) is 3.01. The minimum absolute atomic E-state index is 0.153. The largest absolute Gasteiger partial charge is 0.481 e. The lowest BCUT2D eigenvalue weighted by Crippen LogP contribution is -2.25. The van der Waals surface area contributed by atoms with E-state index in [0.717, 1.165) is 16.6 Å². The summed E-state index contributed by atoms with van der Waals surface area (Å²) in [4.78, 5) is 25.9. The first kappa shape index (κ1) is 11.8. The van der Waals surface area contributed by atoms with Crippen LogP contribution in [0.5, 0.6) is 0 Å². The maximum atomic E-state index is 11.6. The number of carboxylic acids is 2. The molecule has 3 rings (SSSR count). The van der Waals surface area contributed by atoms with E-state index < -0.39 is 23.3 Å². The summed E-state index contributed by atoms with van der Waals surface area (Å²) < 4.78 is 0. The molecule has 0 saturated heterocycles. The summed E-state index contributed by atoms with van der Waals surface area (Å²) in [5.74, 6) is -2.96. The molecule has 1 fully saturated rings. The molecule has 1 heterocycles. The zero-order valence-electron chi connectivity index (χ0n) is 10.3. The summed E-state index contributed by atoms with van der Waals surface area (Å²) in [6.45, 7) is 1.79. The van der Waals surface area contributed by atoms with Crippen LogP contribution in [-0.4, -0.2) is 27.1 Å². The van der Waals surface area contributed by atoms with Crippen molar-refractivity contribution in [1.29, 1.82) is 0 Å². The zero-order valence-corrected chi connectivity index (χ0v) is 10.3. The van der Waals surface area contributed by atoms with Gasteiger partial charge in [0.05, 0.1) is 5.92 Å². The van der Waals surface area contributed by atoms with E-state index in [1.807, 2.05) is 24.3 Å². The first-order valence-electron chi connectivity index (χ1n) is 6.02. The Morgan fingerprint density at radius 3 is 2.58 bits per heavy atom. The molecule has 3 N–H and O–H groups in total. The van der Waals surface area contributed by atoms with Gasteiger partial charge in [0.2, 0.25) is 0 Å². The molecule has 19 heavy (non-hydrogen) atoms. The Morgan fingerprint density at radius 1 is 1.32 bits per heavy atom. The van der Waals surface area contributed by atoms with E-state index in [4.69, 9.17) is 5.11 Å². The number of aryl methyl sites for hydroxylation is 1. The molecule has 1 aromatic heterocycles. The molecule has 0 radical (unpaired) electrons. The second-order valence-corrected chi connectivity index (χ2v) is 5.04. The van der Waals surface area contributed by atoms with E-state index in [1.165, 1.54) is 0 Å². The number of aromatic nitrogens is 1. The minimum Gasteiger partial charge on any atom is -0.481 e. The van der Waals surface area contributed by atoms with Gasteiger partial charge in [0.15, 0.2) is 0 Å². The Bertz CT molecular complexity index is 703. The highest BCUT2D eigenvalue weighted by molar-refractivity contribution is 6.00. The highest BCUT2D eigenvalue weighted by Gasteiger charge is 2.66. The van der Waals surface area contributed by atoms with Crippen LogP contribution in [0.25, 0.3) is 10.9 Å². The van der Waals surface area contributed by atoms with E-state index in [2.05, 4.69) is 4.98 Å². The summed E-state index contributed by atoms with van der Waals surface area (Å²) in [6, 6.07) is 7.37. The SMILES string of the molecule is Cc1[nH]c2ccccc2c1C1(C(=O)O)CC1C(=O)O. The Morgan fingerprint density at radius 2 is 2.00 bits per heavy atom. The average molecular weight is 259 g/mol. The summed E-state index contributed by atoms with van der Waals surface area (Å²) in [6.07, 6.45) is 0.153. The Hall–Kier alpha value is -2.30. The number of para-hydroxylation sites is 1. The van der Waals surface area contributed by atoms with Gasteiger partial charge in [-0.2, -0.15) is 0 Å². The van der Waals surface area contributed by atoms with Gasteiger partial charge >= 0.3 is 11.9 Å². The highest BCUT2D eigenvalue weighted by atomic mass is 16.4. The summed E-state index contributed by atoms with van der Waals surface area (Å²) >= 11 is 0. The van der Waals surface area contributed by atoms with Gasteiger partial charge < -0.3 is 15.2 Å². The number of H-pyrrole nitrogens is 1. The van der Waals surface area contributed by atoms with Crippen molar-refractivity contribution in [2.75, 3.05) is 0 Å². The molecule has 0 spiro atoms. The Balaban J connectivity index is 2.26. The van der Waals surface area contributed by atoms with Crippen LogP contribution in [0.15, 0.2) is 24.3 Å². The lowest BCUT2D eigenvalue weighted by Gasteiger charge is -2.12. The lowest BCUT2D eigenvalue weighted by molar-refractivity contribution is -0.145. The van der Waals surface area contributed by atoms with Crippen LogP contribution in [0, 0.1) is 12.8 Å². The third-order valence-electron chi connectivity index (χ3n) is 3.98. The fourth-order valence-corrected chi connectivity index (χ4v) is 3.03. The van der Waals surface area contributed by atoms with E-state index in [0.29, 0.717) is 5.56 Å². The van der Waals surface area contributed by atoms with Crippen molar-refractivity contribution in [3.05, 3.63) is 35.5 Å². The van der Waals surface area contributed by atoms with Gasteiger partial charge in [0, 0.05) is 16.6 Å². The molecule has 2 atom stereocenters. The van der Waals surface area contributed by atoms with Gasteiger partial charge in [-0.1, -0.05) is 18.2 Å². The predicted octanol–water partition coefficient (Wildman–Crippen LogP) is 1.90. The number of aliphatic carboxylic acids is 2. The van der Waals surface area contributed by atoms with Gasteiger partial charge in [-0.15, -0.1) is 0 Å². The van der Waals surface area contributed by atoms with Crippen LogP contribution in [0.3, 0.4) is 0 Å². The number of carbonyl (C=O) groups is 2. The summed E-state index contributed by atoms with van der Waals surface area (Å²) in [7, 11) is 0. The maximum Gasteiger partial charge on any atom is 0.315 e. The Labute approximate surface area is 108 Å². The van der Waals surface area contributed by atoms with Gasteiger partial charge in [-0.05, 0) is 25.0 Å². The molecule has 0 bridgehead atoms. The number of aromatic amines is 1. The fourth-order valence-electron chi connectivity index (χ4n) is 3.03. The van der Waals surface area contributed by atoms with Crippen molar-refractivity contribution in [2.45, 2.75) is 18.8 Å². The fraction of sp³-hybridized carbons (Fsp3) is 0.286. The predicted molar refractivity (Wildman–Crippen MR) is 68.1 cm³/mol. The van der Waals surface area contributed by atoms with Gasteiger partial charge in [-0.3, -0.25) is 9.59 Å². The molecular weight excluding hydrogens is 246 g/mol. The third kappa shape index (κ3) is 1.41. The molecule has 98 valence electrons. The lowest BCUT2D eigenvalue weighted by atomic mass is 9.90. The van der Waals surface area contributed by atoms with E-state index >= 15 is 0 Å². The van der Waals surface area contributed by atoms with Crippen LogP contribution in [0.1, 0.15) is 17.7 Å². The molecule has 1 aliphatic carbocycles. The molecule has 1 aliphatic rings. The molecule has 0 aliphatic heterocycles. The monoisotopic (exact) mass is 259 g/mol. The molecular formula is C14H13NO4. The molecule has 2 aromatic rings. The molecule has 0 amide bonds. The second kappa shape index (κ2) is 3.60. The standard InChI is InChI=1S/C14H13NO4/c1-7-11(8-4-2-3-5-10(8)15-7)14(13(18)19)6-9(14)12(16)17/h2-5,9,15H,6H2,1H3,(H,16,17)(H,18,19). The van der Waals surface area contributed by atoms with Gasteiger partial charge in [-0.25, -0.2) is 0 Å². The normalized spacial score (nSPS) is 25.4. The quantitative estimate of drug-likeness (QED) is 0.785. The van der Waals surface area contributed by atoms with E-state index in [1.54, 1.807) is 6.92 Å². The van der Waals surface area contributed by atoms with Crippen molar-refractivity contribution in [3.8, 4) is 0 Å². The van der Waals surface area contributed by atoms with Gasteiger partial charge in [0.1, 0.15) is 5.41 Å². The first-order chi connectivity index (χ1) is 8.98. The van der Waals surface area contributed by atoms with Crippen LogP contribution < -0.4 is 0 Å². The second-order valence-electron chi connectivity index (χ2n) is 5.04. The van der Waals surface area contributed by atoms with Crippen LogP contribution in [0.4, 0.5) is 0 Å². The molecule has 2 unspecified atom stereocenters. The topological polar surface area (TPSA) is 90.4 Å². The number of fused-ring (bicyclic) bond motifs is 1. The van der Waals surface area contributed by atoms with Crippen LogP contribution in [-0.2, 0) is 15.0 Å². The molecule has 5 nitrogen and oxygen atoms in total. The van der Waals surface area contributed by atoms with E-state index in [-0.39, 0.29) is 6.42 Å². The molecule has 1 aromatic carbocycles. The summed E-state index contributed by atoms with van der Waals surface area (Å²) in [5.41, 5.74) is 0.900. The van der Waals surface area contributed by atoms with E-state index in [9.17, 15) is 14.7 Å². The van der Waals surface area contributed by atoms with Gasteiger partial charge in [0.25, 0.3) is 0 Å². The van der Waals surface area contributed by atoms with Crippen molar-refractivity contribution in [3.63, 3.8) is 0 Å². The minimum atomic E-state index is -1.28. The van der Waals surface area contributed by atoms with Crippen LogP contribution >= 0.6 is 0 Å². The molecule has 1 saturated carbocycles. The van der Waals surface area contributed by atoms with Crippen molar-refractivity contribution in [2.24, 2.45) is 5.92 Å². The smallest absolute Gasteiger partial charge is 0.315 e. The van der Waals surface area contributed by atoms with Crippen molar-refractivity contribution < 1.29 is 19.8 Å². The number of hydrogen-bond acceptors (Lipinski definition) is 2. The number of carboxylic acid groups (broad SMARTS) is 2. The van der Waals surface area contributed by atoms with Crippen molar-refractivity contribution in [1.82, 2.24) is 4.98 Å². The highest BCUT2D eigenvalue weighted by Crippen LogP contribution is 2.57. The zero-order chi connectivity index (χ0) is 13.8. The Kier molecular flexibility index (Phi) is 2.23. The van der Waals surface area contributed by atoms with Crippen molar-refractivity contribution >= 4 is 22.8 Å². The molecule has 5 heteroatoms. The summed E-state index contributed by atoms with van der Waals surface area (Å²) in [5, 5.41) is 19.4. The van der Waals surface area contributed by atoms with Crippen LogP contribution in [0.2, 0.25) is 0 Å². The number of hydrogen-bond donors (Lipinski definition) is 3.